The van der Waals surface area contributed by atoms with Crippen LogP contribution in [0, 0.1) is 0 Å². The number of fused-ring (bicyclic) bond motifs is 1. The van der Waals surface area contributed by atoms with Crippen molar-refractivity contribution in [3.8, 4) is 0 Å². The van der Waals surface area contributed by atoms with Crippen molar-refractivity contribution in [3.05, 3.63) is 83.4 Å². The maximum atomic E-state index is 12.5. The van der Waals surface area contributed by atoms with Gasteiger partial charge in [0.25, 0.3) is 5.91 Å². The van der Waals surface area contributed by atoms with Gasteiger partial charge in [0.1, 0.15) is 0 Å². The van der Waals surface area contributed by atoms with E-state index in [0.29, 0.717) is 11.1 Å². The zero-order chi connectivity index (χ0) is 18.7. The number of rotatable bonds is 5. The second-order valence-electron chi connectivity index (χ2n) is 6.57. The molecule has 0 spiro atoms. The molecule has 3 aromatic carbocycles. The third kappa shape index (κ3) is 4.49. The molecule has 0 aliphatic heterocycles. The molecule has 0 saturated carbocycles. The highest BCUT2D eigenvalue weighted by Crippen LogP contribution is 2.20. The Morgan fingerprint density at radius 2 is 1.69 bits per heavy atom. The van der Waals surface area contributed by atoms with Crippen molar-refractivity contribution in [2.24, 2.45) is 0 Å². The number of carbonyl (C=O) groups excluding carboxylic acids is 1. The van der Waals surface area contributed by atoms with Gasteiger partial charge in [-0.05, 0) is 47.0 Å². The maximum Gasteiger partial charge on any atom is 0.251 e. The number of sulfone groups is 1. The summed E-state index contributed by atoms with van der Waals surface area (Å²) in [5, 5.41) is 5.26. The minimum atomic E-state index is -3.14. The molecule has 26 heavy (non-hydrogen) atoms. The van der Waals surface area contributed by atoms with Gasteiger partial charge in [0.15, 0.2) is 9.84 Å². The van der Waals surface area contributed by atoms with Gasteiger partial charge in [-0.15, -0.1) is 0 Å². The van der Waals surface area contributed by atoms with Crippen LogP contribution < -0.4 is 5.32 Å². The zero-order valence-electron chi connectivity index (χ0n) is 14.8. The van der Waals surface area contributed by atoms with E-state index in [1.54, 1.807) is 24.3 Å². The Kier molecular flexibility index (Phi) is 5.09. The molecule has 3 aromatic rings. The Bertz CT molecular complexity index is 1060. The molecule has 0 saturated heterocycles. The first-order valence-corrected chi connectivity index (χ1v) is 10.4. The molecule has 134 valence electrons. The predicted octanol–water partition coefficient (Wildman–Crippen LogP) is 3.88. The largest absolute Gasteiger partial charge is 0.346 e. The second-order valence-corrected chi connectivity index (χ2v) is 8.71. The molecule has 3 rings (SSSR count). The van der Waals surface area contributed by atoms with Crippen molar-refractivity contribution in [1.82, 2.24) is 5.32 Å². The maximum absolute atomic E-state index is 12.5. The van der Waals surface area contributed by atoms with Gasteiger partial charge in [0.2, 0.25) is 0 Å². The van der Waals surface area contributed by atoms with E-state index in [1.165, 1.54) is 6.26 Å². The number of amides is 1. The topological polar surface area (TPSA) is 63.2 Å². The minimum absolute atomic E-state index is 0.0751. The second kappa shape index (κ2) is 7.30. The van der Waals surface area contributed by atoms with Gasteiger partial charge < -0.3 is 5.32 Å². The summed E-state index contributed by atoms with van der Waals surface area (Å²) < 4.78 is 22.9. The Labute approximate surface area is 153 Å². The average molecular weight is 367 g/mol. The molecule has 1 amide bonds. The summed E-state index contributed by atoms with van der Waals surface area (Å²) in [5.74, 6) is -0.296. The molecular formula is C21H21NO3S. The van der Waals surface area contributed by atoms with Crippen LogP contribution in [-0.2, 0) is 15.6 Å². The van der Waals surface area contributed by atoms with Crippen LogP contribution in [0.2, 0.25) is 0 Å². The van der Waals surface area contributed by atoms with E-state index >= 15 is 0 Å². The van der Waals surface area contributed by atoms with Crippen molar-refractivity contribution in [1.29, 1.82) is 0 Å². The van der Waals surface area contributed by atoms with Gasteiger partial charge in [-0.2, -0.15) is 0 Å². The first kappa shape index (κ1) is 18.1. The fraction of sp³-hybridized carbons (Fsp3) is 0.190. The highest BCUT2D eigenvalue weighted by molar-refractivity contribution is 7.89. The molecule has 1 atom stereocenters. The number of hydrogen-bond donors (Lipinski definition) is 1. The summed E-state index contributed by atoms with van der Waals surface area (Å²) in [7, 11) is -3.14. The van der Waals surface area contributed by atoms with Gasteiger partial charge in [0, 0.05) is 11.8 Å². The van der Waals surface area contributed by atoms with Crippen molar-refractivity contribution in [2.75, 3.05) is 6.26 Å². The van der Waals surface area contributed by atoms with Gasteiger partial charge in [-0.1, -0.05) is 48.5 Å². The lowest BCUT2D eigenvalue weighted by Gasteiger charge is -2.15. The monoisotopic (exact) mass is 367 g/mol. The molecule has 0 aliphatic carbocycles. The summed E-state index contributed by atoms with van der Waals surface area (Å²) in [5.41, 5.74) is 2.08. The third-order valence-corrected chi connectivity index (χ3v) is 5.10. The van der Waals surface area contributed by atoms with Crippen molar-refractivity contribution in [3.63, 3.8) is 0 Å². The predicted molar refractivity (Wildman–Crippen MR) is 105 cm³/mol. The van der Waals surface area contributed by atoms with E-state index in [4.69, 9.17) is 0 Å². The van der Waals surface area contributed by atoms with E-state index in [2.05, 4.69) is 17.4 Å². The summed E-state index contributed by atoms with van der Waals surface area (Å²) in [6, 6.07) is 20.8. The Morgan fingerprint density at radius 1 is 0.962 bits per heavy atom. The molecule has 0 heterocycles. The Morgan fingerprint density at radius 3 is 2.42 bits per heavy atom. The first-order chi connectivity index (χ1) is 12.3. The van der Waals surface area contributed by atoms with E-state index in [9.17, 15) is 13.2 Å². The van der Waals surface area contributed by atoms with E-state index in [-0.39, 0.29) is 17.7 Å². The summed E-state index contributed by atoms with van der Waals surface area (Å²) in [6.45, 7) is 1.93. The molecule has 4 nitrogen and oxygen atoms in total. The van der Waals surface area contributed by atoms with Crippen LogP contribution >= 0.6 is 0 Å². The number of nitrogens with one attached hydrogen (secondary N) is 1. The van der Waals surface area contributed by atoms with Crippen LogP contribution in [0.3, 0.4) is 0 Å². The molecule has 0 fully saturated rings. The van der Waals surface area contributed by atoms with Gasteiger partial charge in [-0.3, -0.25) is 4.79 Å². The fourth-order valence-electron chi connectivity index (χ4n) is 2.95. The van der Waals surface area contributed by atoms with Crippen molar-refractivity contribution >= 4 is 26.5 Å². The number of carbonyl (C=O) groups is 1. The fourth-order valence-corrected chi connectivity index (χ4v) is 3.73. The molecule has 0 bridgehead atoms. The molecule has 0 radical (unpaired) electrons. The quantitative estimate of drug-likeness (QED) is 0.744. The summed E-state index contributed by atoms with van der Waals surface area (Å²) in [4.78, 5) is 12.5. The summed E-state index contributed by atoms with van der Waals surface area (Å²) in [6.07, 6.45) is 1.18. The van der Waals surface area contributed by atoms with Gasteiger partial charge in [-0.25, -0.2) is 8.42 Å². The molecule has 5 heteroatoms. The third-order valence-electron chi connectivity index (χ3n) is 4.24. The molecule has 0 aliphatic rings. The number of benzene rings is 3. The van der Waals surface area contributed by atoms with Gasteiger partial charge in [0.05, 0.1) is 11.8 Å². The van der Waals surface area contributed by atoms with Crippen LogP contribution in [0.5, 0.6) is 0 Å². The van der Waals surface area contributed by atoms with Gasteiger partial charge >= 0.3 is 0 Å². The lowest BCUT2D eigenvalue weighted by atomic mass is 10.0. The minimum Gasteiger partial charge on any atom is -0.346 e. The lowest BCUT2D eigenvalue weighted by molar-refractivity contribution is 0.0940. The highest BCUT2D eigenvalue weighted by atomic mass is 32.2. The molecule has 1 unspecified atom stereocenters. The standard InChI is InChI=1S/C21H21NO3S/c1-15(18-11-10-17-7-3-4-8-19(17)13-18)22-21(23)20-9-5-6-16(12-20)14-26(2,24)25/h3-13,15H,14H2,1-2H3,(H,22,23). The Hall–Kier alpha value is -2.66. The molecular weight excluding hydrogens is 346 g/mol. The summed E-state index contributed by atoms with van der Waals surface area (Å²) >= 11 is 0. The zero-order valence-corrected chi connectivity index (χ0v) is 15.6. The number of hydrogen-bond acceptors (Lipinski definition) is 3. The lowest BCUT2D eigenvalue weighted by Crippen LogP contribution is -2.26. The van der Waals surface area contributed by atoms with Crippen LogP contribution in [0.25, 0.3) is 10.8 Å². The van der Waals surface area contributed by atoms with E-state index in [1.807, 2.05) is 37.3 Å². The van der Waals surface area contributed by atoms with E-state index in [0.717, 1.165) is 16.3 Å². The van der Waals surface area contributed by atoms with Crippen molar-refractivity contribution < 1.29 is 13.2 Å². The SMILES string of the molecule is CC(NC(=O)c1cccc(CS(C)(=O)=O)c1)c1ccc2ccccc2c1. The van der Waals surface area contributed by atoms with E-state index < -0.39 is 9.84 Å². The van der Waals surface area contributed by atoms with Crippen molar-refractivity contribution in [2.45, 2.75) is 18.7 Å². The average Bonchev–Trinajstić information content (AvgIpc) is 2.60. The Balaban J connectivity index is 1.77. The normalized spacial score (nSPS) is 12.7. The first-order valence-electron chi connectivity index (χ1n) is 8.38. The van der Waals surface area contributed by atoms with Crippen LogP contribution in [0.4, 0.5) is 0 Å². The highest BCUT2D eigenvalue weighted by Gasteiger charge is 2.13. The molecule has 1 N–H and O–H groups in total. The van der Waals surface area contributed by atoms with Crippen LogP contribution in [0.1, 0.15) is 34.5 Å². The van der Waals surface area contributed by atoms with Crippen LogP contribution in [-0.4, -0.2) is 20.6 Å². The van der Waals surface area contributed by atoms with Crippen LogP contribution in [0.15, 0.2) is 66.7 Å². The smallest absolute Gasteiger partial charge is 0.251 e. The molecule has 0 aromatic heterocycles.